The predicted molar refractivity (Wildman–Crippen MR) is 83.6 cm³/mol. The summed E-state index contributed by atoms with van der Waals surface area (Å²) in [5.74, 6) is -1.17. The zero-order valence-electron chi connectivity index (χ0n) is 12.6. The van der Waals surface area contributed by atoms with Gasteiger partial charge in [0.15, 0.2) is 5.78 Å². The first-order chi connectivity index (χ1) is 10.9. The molecule has 6 heteroatoms. The molecule has 0 aromatic heterocycles. The normalized spacial score (nSPS) is 10.7. The summed E-state index contributed by atoms with van der Waals surface area (Å²) in [6.07, 6.45) is 2.71. The van der Waals surface area contributed by atoms with Crippen molar-refractivity contribution < 1.29 is 19.6 Å². The number of nitro groups is 1. The second-order valence-electron chi connectivity index (χ2n) is 4.89. The molecule has 2 aromatic carbocycles. The van der Waals surface area contributed by atoms with Crippen LogP contribution in [0.5, 0.6) is 11.5 Å². The maximum Gasteiger partial charge on any atom is 0.266 e. The molecular weight excluding hydrogens is 298 g/mol. The summed E-state index contributed by atoms with van der Waals surface area (Å²) >= 11 is 0. The summed E-state index contributed by atoms with van der Waals surface area (Å²) in [5, 5.41) is 22.6. The molecule has 0 radical (unpaired) electrons. The number of carbonyl (C=O) groups excluding carboxylic acids is 1. The molecule has 0 fully saturated rings. The third-order valence-electron chi connectivity index (χ3n) is 3.24. The summed E-state index contributed by atoms with van der Waals surface area (Å²) in [6.45, 7) is 1.92. The van der Waals surface area contributed by atoms with Gasteiger partial charge in [0.25, 0.3) is 5.69 Å². The van der Waals surface area contributed by atoms with Crippen LogP contribution in [0.3, 0.4) is 0 Å². The molecule has 0 heterocycles. The fourth-order valence-corrected chi connectivity index (χ4v) is 1.98. The van der Waals surface area contributed by atoms with E-state index in [0.717, 1.165) is 11.6 Å². The first-order valence-electron chi connectivity index (χ1n) is 6.75. The van der Waals surface area contributed by atoms with E-state index in [1.807, 2.05) is 19.1 Å². The number of benzene rings is 2. The first-order valence-corrected chi connectivity index (χ1v) is 6.75. The molecule has 0 amide bonds. The van der Waals surface area contributed by atoms with E-state index in [2.05, 4.69) is 0 Å². The van der Waals surface area contributed by atoms with Gasteiger partial charge in [-0.15, -0.1) is 0 Å². The van der Waals surface area contributed by atoms with Crippen LogP contribution in [0.4, 0.5) is 5.69 Å². The lowest BCUT2D eigenvalue weighted by molar-refractivity contribution is -0.398. The largest absolute Gasteiger partial charge is 0.865 e. The number of aryl methyl sites for hydroxylation is 1. The van der Waals surface area contributed by atoms with Gasteiger partial charge in [-0.3, -0.25) is 14.9 Å². The minimum Gasteiger partial charge on any atom is -0.865 e. The lowest BCUT2D eigenvalue weighted by atomic mass is 10.1. The smallest absolute Gasteiger partial charge is 0.266 e. The fraction of sp³-hybridized carbons (Fsp3) is 0.118. The molecule has 0 bridgehead atoms. The average Bonchev–Trinajstić information content (AvgIpc) is 2.53. The number of carbonyl (C=O) groups is 1. The van der Waals surface area contributed by atoms with E-state index >= 15 is 0 Å². The van der Waals surface area contributed by atoms with Crippen LogP contribution in [-0.4, -0.2) is 17.8 Å². The van der Waals surface area contributed by atoms with Crippen molar-refractivity contribution in [3.8, 4) is 11.5 Å². The Morgan fingerprint density at radius 3 is 2.43 bits per heavy atom. The molecule has 0 aliphatic heterocycles. The minimum atomic E-state index is -0.792. The molecule has 2 rings (SSSR count). The van der Waals surface area contributed by atoms with Gasteiger partial charge in [0, 0.05) is 17.4 Å². The Balaban J connectivity index is 2.32. The molecular formula is C17H14NO5-. The van der Waals surface area contributed by atoms with Crippen LogP contribution in [0.25, 0.3) is 6.08 Å². The Labute approximate surface area is 132 Å². The van der Waals surface area contributed by atoms with Crippen LogP contribution in [0.2, 0.25) is 0 Å². The Kier molecular flexibility index (Phi) is 4.75. The quantitative estimate of drug-likeness (QED) is 0.366. The molecule has 23 heavy (non-hydrogen) atoms. The van der Waals surface area contributed by atoms with Gasteiger partial charge >= 0.3 is 0 Å². The van der Waals surface area contributed by atoms with Crippen molar-refractivity contribution in [3.63, 3.8) is 0 Å². The SMILES string of the molecule is COc1cc(/C=C/C(=O)c2ccc(C)cc2)cc([N+](=O)[O-])c1[O-]. The number of ether oxygens (including phenoxy) is 1. The lowest BCUT2D eigenvalue weighted by Gasteiger charge is -2.13. The van der Waals surface area contributed by atoms with Gasteiger partial charge in [-0.05, 0) is 24.6 Å². The predicted octanol–water partition coefficient (Wildman–Crippen LogP) is 2.88. The topological polar surface area (TPSA) is 92.5 Å². The van der Waals surface area contributed by atoms with Crippen molar-refractivity contribution in [1.29, 1.82) is 0 Å². The molecule has 0 aliphatic rings. The van der Waals surface area contributed by atoms with Gasteiger partial charge in [0.05, 0.1) is 12.0 Å². The maximum atomic E-state index is 12.1. The number of nitrogens with zero attached hydrogens (tertiary/aromatic N) is 1. The van der Waals surface area contributed by atoms with Crippen LogP contribution in [0.1, 0.15) is 21.5 Å². The molecule has 118 valence electrons. The number of hydrogen-bond donors (Lipinski definition) is 0. The van der Waals surface area contributed by atoms with Crippen molar-refractivity contribution in [2.75, 3.05) is 7.11 Å². The van der Waals surface area contributed by atoms with Gasteiger partial charge in [-0.25, -0.2) is 0 Å². The van der Waals surface area contributed by atoms with E-state index in [-0.39, 0.29) is 11.5 Å². The molecule has 0 unspecified atom stereocenters. The highest BCUT2D eigenvalue weighted by Crippen LogP contribution is 2.34. The van der Waals surface area contributed by atoms with Gasteiger partial charge in [-0.1, -0.05) is 35.9 Å². The van der Waals surface area contributed by atoms with Gasteiger partial charge in [0.2, 0.25) is 0 Å². The van der Waals surface area contributed by atoms with Gasteiger partial charge < -0.3 is 9.84 Å². The van der Waals surface area contributed by atoms with E-state index in [4.69, 9.17) is 4.74 Å². The summed E-state index contributed by atoms with van der Waals surface area (Å²) < 4.78 is 4.85. The maximum absolute atomic E-state index is 12.1. The van der Waals surface area contributed by atoms with Crippen LogP contribution in [0, 0.1) is 17.0 Å². The second-order valence-corrected chi connectivity index (χ2v) is 4.89. The Bertz CT molecular complexity index is 778. The minimum absolute atomic E-state index is 0.137. The molecule has 6 nitrogen and oxygen atoms in total. The zero-order chi connectivity index (χ0) is 17.0. The van der Waals surface area contributed by atoms with Gasteiger partial charge in [-0.2, -0.15) is 0 Å². The summed E-state index contributed by atoms with van der Waals surface area (Å²) in [7, 11) is 1.26. The molecule has 0 spiro atoms. The molecule has 2 aromatic rings. The van der Waals surface area contributed by atoms with E-state index in [1.165, 1.54) is 25.3 Å². The van der Waals surface area contributed by atoms with Gasteiger partial charge in [0.1, 0.15) is 5.75 Å². The van der Waals surface area contributed by atoms with E-state index in [1.54, 1.807) is 12.1 Å². The first kappa shape index (κ1) is 16.2. The lowest BCUT2D eigenvalue weighted by Crippen LogP contribution is -2.01. The molecule has 0 saturated heterocycles. The molecule has 0 N–H and O–H groups in total. The Morgan fingerprint density at radius 1 is 1.22 bits per heavy atom. The number of allylic oxidation sites excluding steroid dienone is 1. The van der Waals surface area contributed by atoms with E-state index < -0.39 is 16.4 Å². The molecule has 0 atom stereocenters. The number of ketones is 1. The second kappa shape index (κ2) is 6.74. The molecule has 0 aliphatic carbocycles. The Hall–Kier alpha value is -3.15. The van der Waals surface area contributed by atoms with Crippen LogP contribution in [0.15, 0.2) is 42.5 Å². The number of nitro benzene ring substituents is 1. The molecule has 0 saturated carbocycles. The average molecular weight is 312 g/mol. The van der Waals surface area contributed by atoms with Crippen molar-refractivity contribution >= 4 is 17.5 Å². The van der Waals surface area contributed by atoms with Crippen LogP contribution < -0.4 is 9.84 Å². The summed E-state index contributed by atoms with van der Waals surface area (Å²) in [6, 6.07) is 9.51. The third-order valence-corrected chi connectivity index (χ3v) is 3.24. The summed E-state index contributed by atoms with van der Waals surface area (Å²) in [5.41, 5.74) is 1.30. The highest BCUT2D eigenvalue weighted by atomic mass is 16.6. The Morgan fingerprint density at radius 2 is 1.87 bits per heavy atom. The number of methoxy groups -OCH3 is 1. The number of hydrogen-bond acceptors (Lipinski definition) is 5. The third kappa shape index (κ3) is 3.74. The van der Waals surface area contributed by atoms with E-state index in [0.29, 0.717) is 11.1 Å². The van der Waals surface area contributed by atoms with Crippen molar-refractivity contribution in [1.82, 2.24) is 0 Å². The van der Waals surface area contributed by atoms with Crippen LogP contribution in [-0.2, 0) is 0 Å². The highest BCUT2D eigenvalue weighted by molar-refractivity contribution is 6.06. The van der Waals surface area contributed by atoms with Crippen molar-refractivity contribution in [3.05, 3.63) is 69.3 Å². The van der Waals surface area contributed by atoms with Crippen molar-refractivity contribution in [2.24, 2.45) is 0 Å². The number of rotatable bonds is 5. The highest BCUT2D eigenvalue weighted by Gasteiger charge is 2.12. The van der Waals surface area contributed by atoms with E-state index in [9.17, 15) is 20.0 Å². The standard InChI is InChI=1S/C17H15NO5/c1-11-3-6-13(7-4-11)15(19)8-5-12-9-14(18(21)22)17(20)16(10-12)23-2/h3-10,20H,1-2H3/p-1/b8-5+. The summed E-state index contributed by atoms with van der Waals surface area (Å²) in [4.78, 5) is 22.2. The fourth-order valence-electron chi connectivity index (χ4n) is 1.98. The monoisotopic (exact) mass is 312 g/mol. The van der Waals surface area contributed by atoms with Crippen molar-refractivity contribution in [2.45, 2.75) is 6.92 Å². The van der Waals surface area contributed by atoms with Crippen LogP contribution >= 0.6 is 0 Å². The zero-order valence-corrected chi connectivity index (χ0v) is 12.6.